The van der Waals surface area contributed by atoms with E-state index in [1.54, 1.807) is 0 Å². The summed E-state index contributed by atoms with van der Waals surface area (Å²) < 4.78 is 5.72. The summed E-state index contributed by atoms with van der Waals surface area (Å²) in [6.45, 7) is 10.1. The number of unbranched alkanes of at least 4 members (excludes halogenated alkanes) is 4. The highest BCUT2D eigenvalue weighted by atomic mass is 16.5. The predicted molar refractivity (Wildman–Crippen MR) is 65.2 cm³/mol. The molecular weight excluding hydrogens is 186 g/mol. The number of rotatable bonds is 6. The smallest absolute Gasteiger partial charge is 0.0678 e. The van der Waals surface area contributed by atoms with Crippen LogP contribution >= 0.6 is 0 Å². The Hall–Kier alpha value is -0.0800. The van der Waals surface area contributed by atoms with Crippen LogP contribution in [0.1, 0.15) is 52.9 Å². The van der Waals surface area contributed by atoms with Crippen molar-refractivity contribution in [3.63, 3.8) is 0 Å². The fourth-order valence-electron chi connectivity index (χ4n) is 2.41. The molecule has 0 radical (unpaired) electrons. The molecule has 0 N–H and O–H groups in total. The maximum absolute atomic E-state index is 5.72. The van der Waals surface area contributed by atoms with Crippen LogP contribution in [0.15, 0.2) is 0 Å². The molecule has 0 spiro atoms. The Morgan fingerprint density at radius 2 is 1.60 bits per heavy atom. The number of hydrogen-bond donors (Lipinski definition) is 0. The van der Waals surface area contributed by atoms with Gasteiger partial charge in [0.25, 0.3) is 0 Å². The quantitative estimate of drug-likeness (QED) is 0.629. The van der Waals surface area contributed by atoms with E-state index in [1.807, 2.05) is 0 Å². The molecule has 0 aromatic rings. The van der Waals surface area contributed by atoms with E-state index in [2.05, 4.69) is 25.7 Å². The maximum Gasteiger partial charge on any atom is 0.0678 e. The Bertz CT molecular complexity index is 151. The second-order valence-corrected chi connectivity index (χ2v) is 4.93. The zero-order valence-corrected chi connectivity index (χ0v) is 10.7. The predicted octanol–water partition coefficient (Wildman–Crippen LogP) is 3.07. The lowest BCUT2D eigenvalue weighted by Crippen LogP contribution is -2.45. The summed E-state index contributed by atoms with van der Waals surface area (Å²) in [5.74, 6) is 0. The van der Waals surface area contributed by atoms with Crippen molar-refractivity contribution >= 4 is 0 Å². The van der Waals surface area contributed by atoms with Gasteiger partial charge in [-0.3, -0.25) is 4.90 Å². The standard InChI is InChI=1S/C13H27NO/c1-4-5-6-7-8-9-14-10-12(2)15-13(3)11-14/h12-13H,4-11H2,1-3H3/t12-,13+. The minimum absolute atomic E-state index is 0.421. The molecule has 2 atom stereocenters. The molecule has 1 saturated heterocycles. The minimum atomic E-state index is 0.421. The Morgan fingerprint density at radius 1 is 1.00 bits per heavy atom. The molecule has 1 aliphatic rings. The Labute approximate surface area is 95.0 Å². The highest BCUT2D eigenvalue weighted by Crippen LogP contribution is 2.12. The first kappa shape index (κ1) is 13.0. The number of hydrogen-bond acceptors (Lipinski definition) is 2. The third-order valence-corrected chi connectivity index (χ3v) is 3.07. The molecule has 2 heteroatoms. The van der Waals surface area contributed by atoms with E-state index in [-0.39, 0.29) is 0 Å². The van der Waals surface area contributed by atoms with Crippen molar-refractivity contribution < 1.29 is 4.74 Å². The van der Waals surface area contributed by atoms with Gasteiger partial charge >= 0.3 is 0 Å². The van der Waals surface area contributed by atoms with Crippen molar-refractivity contribution in [1.29, 1.82) is 0 Å². The minimum Gasteiger partial charge on any atom is -0.373 e. The first-order valence-electron chi connectivity index (χ1n) is 6.60. The third-order valence-electron chi connectivity index (χ3n) is 3.07. The average molecular weight is 213 g/mol. The van der Waals surface area contributed by atoms with Gasteiger partial charge in [-0.25, -0.2) is 0 Å². The van der Waals surface area contributed by atoms with Gasteiger partial charge in [-0.15, -0.1) is 0 Å². The van der Waals surface area contributed by atoms with E-state index >= 15 is 0 Å². The van der Waals surface area contributed by atoms with Crippen molar-refractivity contribution in [3.05, 3.63) is 0 Å². The second kappa shape index (κ2) is 7.24. The fraction of sp³-hybridized carbons (Fsp3) is 1.00. The number of morpholine rings is 1. The molecule has 0 unspecified atom stereocenters. The summed E-state index contributed by atoms with van der Waals surface area (Å²) in [4.78, 5) is 2.56. The van der Waals surface area contributed by atoms with Crippen molar-refractivity contribution in [2.45, 2.75) is 65.1 Å². The highest BCUT2D eigenvalue weighted by Gasteiger charge is 2.21. The van der Waals surface area contributed by atoms with Crippen LogP contribution in [0.5, 0.6) is 0 Å². The Morgan fingerprint density at radius 3 is 2.20 bits per heavy atom. The molecule has 0 amide bonds. The topological polar surface area (TPSA) is 12.5 Å². The summed E-state index contributed by atoms with van der Waals surface area (Å²) in [6, 6.07) is 0. The van der Waals surface area contributed by atoms with Crippen LogP contribution in [0.25, 0.3) is 0 Å². The maximum atomic E-state index is 5.72. The molecule has 0 bridgehead atoms. The van der Waals surface area contributed by atoms with Gasteiger partial charge in [0.2, 0.25) is 0 Å². The van der Waals surface area contributed by atoms with Crippen LogP contribution < -0.4 is 0 Å². The van der Waals surface area contributed by atoms with E-state index < -0.39 is 0 Å². The van der Waals surface area contributed by atoms with Gasteiger partial charge in [-0.2, -0.15) is 0 Å². The van der Waals surface area contributed by atoms with Gasteiger partial charge in [0, 0.05) is 13.1 Å². The van der Waals surface area contributed by atoms with Crippen LogP contribution in [0.4, 0.5) is 0 Å². The van der Waals surface area contributed by atoms with Crippen LogP contribution in [-0.2, 0) is 4.74 Å². The Kier molecular flexibility index (Phi) is 6.26. The monoisotopic (exact) mass is 213 g/mol. The normalized spacial score (nSPS) is 28.2. The van der Waals surface area contributed by atoms with Crippen molar-refractivity contribution in [2.75, 3.05) is 19.6 Å². The molecule has 0 saturated carbocycles. The summed E-state index contributed by atoms with van der Waals surface area (Å²) >= 11 is 0. The average Bonchev–Trinajstić information content (AvgIpc) is 2.16. The van der Waals surface area contributed by atoms with Crippen molar-refractivity contribution in [3.8, 4) is 0 Å². The van der Waals surface area contributed by atoms with Crippen LogP contribution in [-0.4, -0.2) is 36.7 Å². The van der Waals surface area contributed by atoms with E-state index in [1.165, 1.54) is 38.6 Å². The first-order chi connectivity index (χ1) is 7.22. The summed E-state index contributed by atoms with van der Waals surface area (Å²) in [5, 5.41) is 0. The SMILES string of the molecule is CCCCCCCN1C[C@@H](C)O[C@@H](C)C1. The van der Waals surface area contributed by atoms with E-state index in [0.717, 1.165) is 13.1 Å². The molecule has 0 aliphatic carbocycles. The zero-order chi connectivity index (χ0) is 11.1. The molecule has 1 fully saturated rings. The summed E-state index contributed by atoms with van der Waals surface area (Å²) in [7, 11) is 0. The zero-order valence-electron chi connectivity index (χ0n) is 10.7. The molecular formula is C13H27NO. The number of nitrogens with zero attached hydrogens (tertiary/aromatic N) is 1. The number of ether oxygens (including phenoxy) is 1. The van der Waals surface area contributed by atoms with Gasteiger partial charge in [-0.1, -0.05) is 32.6 Å². The van der Waals surface area contributed by atoms with E-state index in [9.17, 15) is 0 Å². The fourth-order valence-corrected chi connectivity index (χ4v) is 2.41. The van der Waals surface area contributed by atoms with Gasteiger partial charge in [-0.05, 0) is 26.8 Å². The molecule has 90 valence electrons. The molecule has 1 heterocycles. The largest absolute Gasteiger partial charge is 0.373 e. The first-order valence-corrected chi connectivity index (χ1v) is 6.60. The van der Waals surface area contributed by atoms with Crippen molar-refractivity contribution in [2.24, 2.45) is 0 Å². The summed E-state index contributed by atoms with van der Waals surface area (Å²) in [6.07, 6.45) is 7.75. The summed E-state index contributed by atoms with van der Waals surface area (Å²) in [5.41, 5.74) is 0. The van der Waals surface area contributed by atoms with E-state index in [4.69, 9.17) is 4.74 Å². The van der Waals surface area contributed by atoms with Gasteiger partial charge in [0.05, 0.1) is 12.2 Å². The molecule has 1 rings (SSSR count). The van der Waals surface area contributed by atoms with Gasteiger partial charge in [0.15, 0.2) is 0 Å². The lowest BCUT2D eigenvalue weighted by Gasteiger charge is -2.35. The molecule has 0 aromatic carbocycles. The van der Waals surface area contributed by atoms with Crippen LogP contribution in [0.2, 0.25) is 0 Å². The van der Waals surface area contributed by atoms with Gasteiger partial charge in [0.1, 0.15) is 0 Å². The molecule has 15 heavy (non-hydrogen) atoms. The highest BCUT2D eigenvalue weighted by molar-refractivity contribution is 4.72. The van der Waals surface area contributed by atoms with E-state index in [0.29, 0.717) is 12.2 Å². The molecule has 0 aromatic heterocycles. The Balaban J connectivity index is 2.04. The lowest BCUT2D eigenvalue weighted by molar-refractivity contribution is -0.0681. The van der Waals surface area contributed by atoms with Crippen LogP contribution in [0.3, 0.4) is 0 Å². The molecule has 2 nitrogen and oxygen atoms in total. The second-order valence-electron chi connectivity index (χ2n) is 4.93. The molecule has 1 aliphatic heterocycles. The van der Waals surface area contributed by atoms with Crippen LogP contribution in [0, 0.1) is 0 Å². The van der Waals surface area contributed by atoms with Gasteiger partial charge < -0.3 is 4.74 Å². The lowest BCUT2D eigenvalue weighted by atomic mass is 10.1. The third kappa shape index (κ3) is 5.53. The van der Waals surface area contributed by atoms with Crippen molar-refractivity contribution in [1.82, 2.24) is 4.90 Å².